The van der Waals surface area contributed by atoms with Crippen LogP contribution in [-0.2, 0) is 26.9 Å². The molecule has 1 aromatic carbocycles. The summed E-state index contributed by atoms with van der Waals surface area (Å²) >= 11 is 0. The van der Waals surface area contributed by atoms with Crippen molar-refractivity contribution in [3.05, 3.63) is 40.2 Å². The number of aryl methyl sites for hydroxylation is 3. The Bertz CT molecular complexity index is 1320. The molecule has 1 N–H and O–H groups in total. The first-order valence-corrected chi connectivity index (χ1v) is 16.0. The lowest BCUT2D eigenvalue weighted by molar-refractivity contribution is -0.124. The van der Waals surface area contributed by atoms with E-state index in [2.05, 4.69) is 41.1 Å². The predicted octanol–water partition coefficient (Wildman–Crippen LogP) is 3.41. The van der Waals surface area contributed by atoms with Gasteiger partial charge in [0.05, 0.1) is 23.5 Å². The van der Waals surface area contributed by atoms with Crippen molar-refractivity contribution < 1.29 is 17.9 Å². The molecule has 2 atom stereocenters. The summed E-state index contributed by atoms with van der Waals surface area (Å²) in [6.45, 7) is 16.3. The molecular weight excluding hydrogens is 526 g/mol. The van der Waals surface area contributed by atoms with Crippen LogP contribution >= 0.6 is 0 Å². The van der Waals surface area contributed by atoms with Crippen LogP contribution in [0.4, 0.5) is 0 Å². The predicted molar refractivity (Wildman–Crippen MR) is 157 cm³/mol. The highest BCUT2D eigenvalue weighted by Crippen LogP contribution is 2.38. The Morgan fingerprint density at radius 1 is 1.07 bits per heavy atom. The first-order valence-electron chi connectivity index (χ1n) is 14.3. The average molecular weight is 574 g/mol. The zero-order chi connectivity index (χ0) is 29.4. The monoisotopic (exact) mass is 573 g/mol. The Balaban J connectivity index is 1.42. The van der Waals surface area contributed by atoms with Gasteiger partial charge in [0.25, 0.3) is 0 Å². The minimum Gasteiger partial charge on any atom is -0.497 e. The van der Waals surface area contributed by atoms with Crippen molar-refractivity contribution in [2.45, 2.75) is 90.1 Å². The summed E-state index contributed by atoms with van der Waals surface area (Å²) < 4.78 is 34.0. The van der Waals surface area contributed by atoms with E-state index in [1.165, 1.54) is 0 Å². The second kappa shape index (κ2) is 11.8. The second-order valence-electron chi connectivity index (χ2n) is 12.5. The van der Waals surface area contributed by atoms with Crippen LogP contribution in [0.2, 0.25) is 0 Å². The van der Waals surface area contributed by atoms with Gasteiger partial charge in [0, 0.05) is 49.5 Å². The van der Waals surface area contributed by atoms with Gasteiger partial charge in [-0.1, -0.05) is 13.8 Å². The Morgan fingerprint density at radius 2 is 1.70 bits per heavy atom. The number of hydrogen-bond donors (Lipinski definition) is 1. The summed E-state index contributed by atoms with van der Waals surface area (Å²) in [6.07, 6.45) is 3.11. The van der Waals surface area contributed by atoms with Crippen molar-refractivity contribution in [1.29, 1.82) is 0 Å². The first kappa shape index (κ1) is 30.5. The molecule has 0 bridgehead atoms. The fraction of sp³-hybridized carbons (Fsp3) is 0.667. The van der Waals surface area contributed by atoms with E-state index in [9.17, 15) is 13.2 Å². The minimum atomic E-state index is -3.63. The van der Waals surface area contributed by atoms with Crippen LogP contribution in [0.1, 0.15) is 61.2 Å². The molecule has 1 aliphatic heterocycles. The van der Waals surface area contributed by atoms with Gasteiger partial charge < -0.3 is 15.0 Å². The number of benzene rings is 1. The Morgan fingerprint density at radius 3 is 2.27 bits per heavy atom. The quantitative estimate of drug-likeness (QED) is 0.517. The van der Waals surface area contributed by atoms with Crippen molar-refractivity contribution in [1.82, 2.24) is 24.9 Å². The highest BCUT2D eigenvalue weighted by atomic mass is 32.2. The SMILES string of the molecule is COc1cc(C)c(S(=O)(=O)Cc2c(C)nn(CC(=O)NC3CCC(N4CCN(C)CC4)CC3(C)C)c2C)c(C)c1. The molecule has 2 aromatic rings. The Labute approximate surface area is 240 Å². The number of nitrogens with zero attached hydrogens (tertiary/aromatic N) is 4. The maximum atomic E-state index is 13.5. The fourth-order valence-corrected chi connectivity index (χ4v) is 8.66. The summed E-state index contributed by atoms with van der Waals surface area (Å²) in [5.74, 6) is 0.387. The van der Waals surface area contributed by atoms with Gasteiger partial charge in [-0.15, -0.1) is 0 Å². The van der Waals surface area contributed by atoms with Crippen LogP contribution in [0, 0.1) is 33.1 Å². The van der Waals surface area contributed by atoms with E-state index in [0.717, 1.165) is 45.4 Å². The average Bonchev–Trinajstić information content (AvgIpc) is 3.11. The zero-order valence-electron chi connectivity index (χ0n) is 25.5. The molecule has 2 heterocycles. The minimum absolute atomic E-state index is 0.00960. The molecule has 1 amide bonds. The number of aromatic nitrogens is 2. The maximum Gasteiger partial charge on any atom is 0.241 e. The molecule has 0 radical (unpaired) electrons. The second-order valence-corrected chi connectivity index (χ2v) is 14.5. The smallest absolute Gasteiger partial charge is 0.241 e. The summed E-state index contributed by atoms with van der Waals surface area (Å²) in [4.78, 5) is 18.5. The molecule has 2 aliphatic rings. The van der Waals surface area contributed by atoms with Gasteiger partial charge in [-0.3, -0.25) is 14.4 Å². The van der Waals surface area contributed by atoms with E-state index in [0.29, 0.717) is 44.8 Å². The lowest BCUT2D eigenvalue weighted by Crippen LogP contribution is -2.56. The Hall–Kier alpha value is -2.43. The van der Waals surface area contributed by atoms with Gasteiger partial charge in [0.15, 0.2) is 9.84 Å². The molecule has 9 nitrogen and oxygen atoms in total. The number of methoxy groups -OCH3 is 1. The number of nitrogens with one attached hydrogen (secondary N) is 1. The molecule has 4 rings (SSSR count). The third-order valence-corrected chi connectivity index (χ3v) is 11.0. The number of piperazine rings is 1. The van der Waals surface area contributed by atoms with Gasteiger partial charge in [-0.25, -0.2) is 8.42 Å². The lowest BCUT2D eigenvalue weighted by Gasteiger charge is -2.48. The van der Waals surface area contributed by atoms with E-state index in [1.807, 2.05) is 13.8 Å². The van der Waals surface area contributed by atoms with Crippen LogP contribution in [0.25, 0.3) is 0 Å². The van der Waals surface area contributed by atoms with E-state index in [4.69, 9.17) is 4.74 Å². The molecule has 2 fully saturated rings. The number of carbonyl (C=O) groups is 1. The molecule has 1 aromatic heterocycles. The highest BCUT2D eigenvalue weighted by Gasteiger charge is 2.40. The van der Waals surface area contributed by atoms with Crippen LogP contribution in [0.5, 0.6) is 5.75 Å². The third-order valence-electron chi connectivity index (χ3n) is 9.02. The molecule has 40 heavy (non-hydrogen) atoms. The number of hydrogen-bond acceptors (Lipinski definition) is 7. The maximum absolute atomic E-state index is 13.5. The van der Waals surface area contributed by atoms with Crippen LogP contribution in [0.15, 0.2) is 17.0 Å². The van der Waals surface area contributed by atoms with E-state index >= 15 is 0 Å². The molecule has 1 saturated heterocycles. The summed E-state index contributed by atoms with van der Waals surface area (Å²) in [5.41, 5.74) is 3.29. The van der Waals surface area contributed by atoms with Gasteiger partial charge in [-0.05, 0) is 82.7 Å². The number of ether oxygens (including phenoxy) is 1. The fourth-order valence-electron chi connectivity index (χ4n) is 6.62. The summed E-state index contributed by atoms with van der Waals surface area (Å²) in [5, 5.41) is 7.86. The van der Waals surface area contributed by atoms with Crippen molar-refractivity contribution in [3.8, 4) is 5.75 Å². The van der Waals surface area contributed by atoms with Crippen LogP contribution in [-0.4, -0.2) is 86.3 Å². The molecule has 1 saturated carbocycles. The zero-order valence-corrected chi connectivity index (χ0v) is 26.3. The standard InChI is InChI=1S/C30H47N5O4S/c1-20-15-25(39-8)16-21(2)29(20)40(37,38)19-26-22(3)32-35(23(26)4)18-28(36)31-27-10-9-24(17-30(27,5)6)34-13-11-33(7)12-14-34/h15-16,24,27H,9-14,17-19H2,1-8H3,(H,31,36). The molecule has 10 heteroatoms. The van der Waals surface area contributed by atoms with Gasteiger partial charge in [0.1, 0.15) is 12.3 Å². The third kappa shape index (κ3) is 6.55. The van der Waals surface area contributed by atoms with Gasteiger partial charge in [-0.2, -0.15) is 5.10 Å². The van der Waals surface area contributed by atoms with E-state index < -0.39 is 9.84 Å². The molecule has 1 aliphatic carbocycles. The Kier molecular flexibility index (Phi) is 9.02. The highest BCUT2D eigenvalue weighted by molar-refractivity contribution is 7.90. The van der Waals surface area contributed by atoms with Crippen LogP contribution in [0.3, 0.4) is 0 Å². The van der Waals surface area contributed by atoms with E-state index in [1.54, 1.807) is 37.8 Å². The molecule has 222 valence electrons. The number of carbonyl (C=O) groups excluding carboxylic acids is 1. The molecule has 0 spiro atoms. The molecular formula is C30H47N5O4S. The van der Waals surface area contributed by atoms with E-state index in [-0.39, 0.29) is 29.7 Å². The van der Waals surface area contributed by atoms with Crippen molar-refractivity contribution in [3.63, 3.8) is 0 Å². The number of rotatable bonds is 8. The van der Waals surface area contributed by atoms with Crippen molar-refractivity contribution in [2.24, 2.45) is 5.41 Å². The van der Waals surface area contributed by atoms with Gasteiger partial charge in [0.2, 0.25) is 5.91 Å². The number of amides is 1. The van der Waals surface area contributed by atoms with Crippen molar-refractivity contribution in [2.75, 3.05) is 40.3 Å². The first-order chi connectivity index (χ1) is 18.7. The summed E-state index contributed by atoms with van der Waals surface area (Å²) in [7, 11) is 0.120. The molecule has 2 unspecified atom stereocenters. The number of sulfone groups is 1. The topological polar surface area (TPSA) is 96.8 Å². The van der Waals surface area contributed by atoms with Gasteiger partial charge >= 0.3 is 0 Å². The number of likely N-dealkylation sites (N-methyl/N-ethyl adjacent to an activating group) is 1. The van der Waals surface area contributed by atoms with Crippen molar-refractivity contribution >= 4 is 15.7 Å². The largest absolute Gasteiger partial charge is 0.497 e. The summed E-state index contributed by atoms with van der Waals surface area (Å²) in [6, 6.07) is 4.15. The van der Waals surface area contributed by atoms with Crippen LogP contribution < -0.4 is 10.1 Å². The normalized spacial score (nSPS) is 22.3. The lowest BCUT2D eigenvalue weighted by atomic mass is 9.70.